The Morgan fingerprint density at radius 1 is 1.17 bits per heavy atom. The summed E-state index contributed by atoms with van der Waals surface area (Å²) in [4.78, 5) is 0. The van der Waals surface area contributed by atoms with Crippen LogP contribution in [0.5, 0.6) is 0 Å². The van der Waals surface area contributed by atoms with Gasteiger partial charge in [0.15, 0.2) is 0 Å². The summed E-state index contributed by atoms with van der Waals surface area (Å²) in [5.74, 6) is 3.89. The first-order valence-corrected chi connectivity index (χ1v) is 5.59. The van der Waals surface area contributed by atoms with Gasteiger partial charge in [-0.3, -0.25) is 0 Å². The van der Waals surface area contributed by atoms with Crippen molar-refractivity contribution >= 4 is 0 Å². The first-order chi connectivity index (χ1) is 5.59. The third-order valence-corrected chi connectivity index (χ3v) is 3.40. The average Bonchev–Trinajstić information content (AvgIpc) is 1.96. The van der Waals surface area contributed by atoms with E-state index < -0.39 is 0 Å². The third-order valence-electron chi connectivity index (χ3n) is 3.40. The fraction of sp³-hybridized carbons (Fsp3) is 1.00. The zero-order chi connectivity index (χ0) is 9.14. The lowest BCUT2D eigenvalue weighted by Crippen LogP contribution is -2.22. The van der Waals surface area contributed by atoms with Crippen LogP contribution in [0.1, 0.15) is 53.4 Å². The maximum Gasteiger partial charge on any atom is -0.0384 e. The molecule has 0 aliphatic heterocycles. The van der Waals surface area contributed by atoms with E-state index in [4.69, 9.17) is 0 Å². The quantitative estimate of drug-likeness (QED) is 0.582. The van der Waals surface area contributed by atoms with E-state index in [1.807, 2.05) is 0 Å². The van der Waals surface area contributed by atoms with Crippen molar-refractivity contribution in [2.45, 2.75) is 53.4 Å². The molecule has 72 valence electrons. The lowest BCUT2D eigenvalue weighted by Gasteiger charge is -2.33. The molecule has 0 bridgehead atoms. The third kappa shape index (κ3) is 2.80. The molecule has 0 aromatic heterocycles. The van der Waals surface area contributed by atoms with Gasteiger partial charge in [-0.05, 0) is 36.5 Å². The number of hydrogen-bond acceptors (Lipinski definition) is 0. The van der Waals surface area contributed by atoms with Gasteiger partial charge in [0, 0.05) is 0 Å². The highest BCUT2D eigenvalue weighted by atomic mass is 14.3. The second kappa shape index (κ2) is 4.30. The van der Waals surface area contributed by atoms with Gasteiger partial charge in [0.05, 0.1) is 0 Å². The predicted molar refractivity (Wildman–Crippen MR) is 55.1 cm³/mol. The van der Waals surface area contributed by atoms with E-state index in [9.17, 15) is 0 Å². The molecule has 0 amide bonds. The zero-order valence-corrected chi connectivity index (χ0v) is 9.14. The van der Waals surface area contributed by atoms with Gasteiger partial charge in [-0.25, -0.2) is 0 Å². The van der Waals surface area contributed by atoms with E-state index in [1.165, 1.54) is 25.7 Å². The topological polar surface area (TPSA) is 0 Å². The molecule has 0 radical (unpaired) electrons. The SMILES string of the molecule is CC(C)C[C@H]1C[C@H](C)CC[C@@H]1C. The second-order valence-electron chi connectivity index (χ2n) is 5.29. The van der Waals surface area contributed by atoms with Crippen molar-refractivity contribution in [1.82, 2.24) is 0 Å². The Kier molecular flexibility index (Phi) is 3.61. The van der Waals surface area contributed by atoms with Crippen LogP contribution in [-0.2, 0) is 0 Å². The van der Waals surface area contributed by atoms with Crippen LogP contribution in [0.4, 0.5) is 0 Å². The molecule has 1 fully saturated rings. The van der Waals surface area contributed by atoms with Gasteiger partial charge in [0.1, 0.15) is 0 Å². The van der Waals surface area contributed by atoms with Crippen LogP contribution in [0.3, 0.4) is 0 Å². The molecule has 0 nitrogen and oxygen atoms in total. The van der Waals surface area contributed by atoms with Crippen LogP contribution in [-0.4, -0.2) is 0 Å². The molecule has 0 heteroatoms. The highest BCUT2D eigenvalue weighted by molar-refractivity contribution is 4.76. The summed E-state index contributed by atoms with van der Waals surface area (Å²) in [6.07, 6.45) is 5.87. The summed E-state index contributed by atoms with van der Waals surface area (Å²) in [5, 5.41) is 0. The van der Waals surface area contributed by atoms with Crippen LogP contribution in [0, 0.1) is 23.7 Å². The van der Waals surface area contributed by atoms with Gasteiger partial charge in [0.2, 0.25) is 0 Å². The molecule has 0 N–H and O–H groups in total. The van der Waals surface area contributed by atoms with Crippen LogP contribution >= 0.6 is 0 Å². The molecule has 3 atom stereocenters. The van der Waals surface area contributed by atoms with Crippen molar-refractivity contribution in [2.24, 2.45) is 23.7 Å². The Bertz CT molecular complexity index is 124. The van der Waals surface area contributed by atoms with E-state index in [0.29, 0.717) is 0 Å². The molecule has 0 aromatic carbocycles. The molecule has 1 aliphatic carbocycles. The summed E-state index contributed by atoms with van der Waals surface area (Å²) in [5.41, 5.74) is 0. The summed E-state index contributed by atoms with van der Waals surface area (Å²) in [6.45, 7) is 9.57. The fourth-order valence-electron chi connectivity index (χ4n) is 2.58. The van der Waals surface area contributed by atoms with Gasteiger partial charge >= 0.3 is 0 Å². The highest BCUT2D eigenvalue weighted by Crippen LogP contribution is 2.36. The summed E-state index contributed by atoms with van der Waals surface area (Å²) < 4.78 is 0. The standard InChI is InChI=1S/C12H24/c1-9(2)7-12-8-10(3)5-6-11(12)4/h9-12H,5-8H2,1-4H3/t10-,11+,12+/m1/s1. The fourth-order valence-corrected chi connectivity index (χ4v) is 2.58. The summed E-state index contributed by atoms with van der Waals surface area (Å²) >= 11 is 0. The first-order valence-electron chi connectivity index (χ1n) is 5.59. The van der Waals surface area contributed by atoms with E-state index in [1.54, 1.807) is 0 Å². The van der Waals surface area contributed by atoms with Crippen molar-refractivity contribution in [3.05, 3.63) is 0 Å². The van der Waals surface area contributed by atoms with Crippen molar-refractivity contribution in [3.8, 4) is 0 Å². The maximum atomic E-state index is 2.44. The van der Waals surface area contributed by atoms with Gasteiger partial charge in [0.25, 0.3) is 0 Å². The van der Waals surface area contributed by atoms with Crippen molar-refractivity contribution in [1.29, 1.82) is 0 Å². The Morgan fingerprint density at radius 3 is 2.42 bits per heavy atom. The van der Waals surface area contributed by atoms with Gasteiger partial charge in [-0.1, -0.05) is 40.5 Å². The minimum absolute atomic E-state index is 0.891. The van der Waals surface area contributed by atoms with Crippen molar-refractivity contribution < 1.29 is 0 Å². The molecule has 0 aromatic rings. The molecule has 1 saturated carbocycles. The van der Waals surface area contributed by atoms with E-state index >= 15 is 0 Å². The molecule has 1 rings (SSSR count). The van der Waals surface area contributed by atoms with E-state index in [0.717, 1.165) is 23.7 Å². The van der Waals surface area contributed by atoms with Gasteiger partial charge in [-0.2, -0.15) is 0 Å². The molecule has 0 saturated heterocycles. The number of rotatable bonds is 2. The van der Waals surface area contributed by atoms with Crippen molar-refractivity contribution in [3.63, 3.8) is 0 Å². The first kappa shape index (κ1) is 10.1. The van der Waals surface area contributed by atoms with E-state index in [2.05, 4.69) is 27.7 Å². The van der Waals surface area contributed by atoms with Crippen LogP contribution in [0.15, 0.2) is 0 Å². The summed E-state index contributed by atoms with van der Waals surface area (Å²) in [7, 11) is 0. The molecular weight excluding hydrogens is 144 g/mol. The Hall–Kier alpha value is 0. The highest BCUT2D eigenvalue weighted by Gasteiger charge is 2.25. The maximum absolute atomic E-state index is 2.44. The van der Waals surface area contributed by atoms with Crippen LogP contribution < -0.4 is 0 Å². The van der Waals surface area contributed by atoms with Gasteiger partial charge in [-0.15, -0.1) is 0 Å². The average molecular weight is 168 g/mol. The Balaban J connectivity index is 2.38. The van der Waals surface area contributed by atoms with Gasteiger partial charge < -0.3 is 0 Å². The minimum Gasteiger partial charge on any atom is -0.0628 e. The normalized spacial score (nSPS) is 37.2. The lowest BCUT2D eigenvalue weighted by atomic mass is 9.72. The molecule has 12 heavy (non-hydrogen) atoms. The lowest BCUT2D eigenvalue weighted by molar-refractivity contribution is 0.177. The van der Waals surface area contributed by atoms with Crippen LogP contribution in [0.25, 0.3) is 0 Å². The minimum atomic E-state index is 0.891. The number of hydrogen-bond donors (Lipinski definition) is 0. The molecule has 0 unspecified atom stereocenters. The van der Waals surface area contributed by atoms with Crippen molar-refractivity contribution in [2.75, 3.05) is 0 Å². The smallest absolute Gasteiger partial charge is 0.0384 e. The predicted octanol–water partition coefficient (Wildman–Crippen LogP) is 4.10. The molecule has 1 aliphatic rings. The monoisotopic (exact) mass is 168 g/mol. The molecule has 0 spiro atoms. The van der Waals surface area contributed by atoms with E-state index in [-0.39, 0.29) is 0 Å². The zero-order valence-electron chi connectivity index (χ0n) is 9.14. The molecule has 0 heterocycles. The second-order valence-corrected chi connectivity index (χ2v) is 5.29. The van der Waals surface area contributed by atoms with Crippen LogP contribution in [0.2, 0.25) is 0 Å². The summed E-state index contributed by atoms with van der Waals surface area (Å²) in [6, 6.07) is 0. The Morgan fingerprint density at radius 2 is 1.83 bits per heavy atom. The molecular formula is C12H24. The Labute approximate surface area is 77.7 Å². The largest absolute Gasteiger partial charge is 0.0628 e.